The fourth-order valence-electron chi connectivity index (χ4n) is 6.44. The highest BCUT2D eigenvalue weighted by Crippen LogP contribution is 2.53. The van der Waals surface area contributed by atoms with Crippen LogP contribution >= 0.6 is 0 Å². The Morgan fingerprint density at radius 2 is 1.95 bits per heavy atom. The monoisotopic (exact) mass is 557 g/mol. The van der Waals surface area contributed by atoms with Gasteiger partial charge in [0.25, 0.3) is 0 Å². The highest BCUT2D eigenvalue weighted by Gasteiger charge is 2.51. The van der Waals surface area contributed by atoms with E-state index in [1.54, 1.807) is 32.1 Å². The van der Waals surface area contributed by atoms with Crippen LogP contribution in [-0.2, 0) is 15.9 Å². The summed E-state index contributed by atoms with van der Waals surface area (Å²) in [4.78, 5) is 27.4. The second-order valence-electron chi connectivity index (χ2n) is 11.0. The number of ether oxygens (including phenoxy) is 2. The molecule has 0 radical (unpaired) electrons. The quantitative estimate of drug-likeness (QED) is 0.149. The lowest BCUT2D eigenvalue weighted by atomic mass is 9.66. The van der Waals surface area contributed by atoms with Crippen molar-refractivity contribution in [3.05, 3.63) is 46.1 Å². The van der Waals surface area contributed by atoms with Gasteiger partial charge < -0.3 is 46.2 Å². The van der Waals surface area contributed by atoms with Crippen LogP contribution in [0.2, 0.25) is 0 Å². The zero-order valence-electron chi connectivity index (χ0n) is 22.5. The van der Waals surface area contributed by atoms with Crippen molar-refractivity contribution in [1.29, 1.82) is 0 Å². The SMILES string of the molecule is CN/N=C(\CO)[C@]1(O)Cc2c(O)c3c(c(O)c2[C@@H](O[C@@H]2CC(N)[C@@H](O)C(C)O2)C1)C(=O)C1C(C)=CC=CC1C3=O. The number of aromatic hydroxyl groups is 2. The molecule has 0 aromatic heterocycles. The van der Waals surface area contributed by atoms with Crippen molar-refractivity contribution < 1.29 is 44.6 Å². The van der Waals surface area contributed by atoms with Gasteiger partial charge >= 0.3 is 0 Å². The third-order valence-corrected chi connectivity index (χ3v) is 8.51. The summed E-state index contributed by atoms with van der Waals surface area (Å²) in [7, 11) is 1.49. The summed E-state index contributed by atoms with van der Waals surface area (Å²) in [6.07, 6.45) is 0.766. The molecule has 8 atom stereocenters. The molecule has 0 bridgehead atoms. The molecule has 1 fully saturated rings. The van der Waals surface area contributed by atoms with Crippen molar-refractivity contribution in [2.24, 2.45) is 22.7 Å². The normalized spacial score (nSPS) is 35.5. The van der Waals surface area contributed by atoms with Gasteiger partial charge in [-0.3, -0.25) is 9.59 Å². The topological polar surface area (TPSA) is 204 Å². The van der Waals surface area contributed by atoms with Crippen molar-refractivity contribution in [3.63, 3.8) is 0 Å². The van der Waals surface area contributed by atoms with Gasteiger partial charge in [-0.25, -0.2) is 0 Å². The molecule has 3 aliphatic carbocycles. The summed E-state index contributed by atoms with van der Waals surface area (Å²) in [5, 5.41) is 59.1. The van der Waals surface area contributed by atoms with Crippen LogP contribution in [-0.4, -0.2) is 86.6 Å². The van der Waals surface area contributed by atoms with Crippen LogP contribution in [0.15, 0.2) is 28.9 Å². The molecule has 1 aliphatic heterocycles. The van der Waals surface area contributed by atoms with Crippen LogP contribution in [0.5, 0.6) is 11.5 Å². The molecule has 5 rings (SSSR count). The first-order valence-corrected chi connectivity index (χ1v) is 13.3. The van der Waals surface area contributed by atoms with E-state index in [0.29, 0.717) is 5.57 Å². The van der Waals surface area contributed by atoms with E-state index in [0.717, 1.165) is 0 Å². The molecule has 12 heteroatoms. The Balaban J connectivity index is 1.68. The summed E-state index contributed by atoms with van der Waals surface area (Å²) in [5.74, 6) is -3.75. The lowest BCUT2D eigenvalue weighted by molar-refractivity contribution is -0.245. The lowest BCUT2D eigenvalue weighted by Crippen LogP contribution is -2.53. The van der Waals surface area contributed by atoms with E-state index in [2.05, 4.69) is 10.5 Å². The number of Topliss-reactive ketones (excluding diaryl/α,β-unsaturated/α-hetero) is 2. The van der Waals surface area contributed by atoms with Crippen molar-refractivity contribution in [2.75, 3.05) is 13.7 Å². The van der Waals surface area contributed by atoms with Gasteiger partial charge in [-0.15, -0.1) is 0 Å². The Labute approximate surface area is 230 Å². The van der Waals surface area contributed by atoms with E-state index in [1.807, 2.05) is 0 Å². The van der Waals surface area contributed by atoms with Crippen LogP contribution in [0.1, 0.15) is 64.6 Å². The zero-order valence-corrected chi connectivity index (χ0v) is 22.5. The molecular formula is C28H35N3O9. The van der Waals surface area contributed by atoms with Gasteiger partial charge in [0.2, 0.25) is 0 Å². The number of hydrazone groups is 1. The van der Waals surface area contributed by atoms with Crippen LogP contribution in [0, 0.1) is 11.8 Å². The second kappa shape index (κ2) is 10.4. The molecule has 12 nitrogen and oxygen atoms in total. The predicted molar refractivity (Wildman–Crippen MR) is 142 cm³/mol. The number of hydrogen-bond acceptors (Lipinski definition) is 12. The zero-order chi connectivity index (χ0) is 29.1. The molecule has 1 aromatic carbocycles. The van der Waals surface area contributed by atoms with Gasteiger partial charge in [-0.05, 0) is 13.8 Å². The Morgan fingerprint density at radius 1 is 1.25 bits per heavy atom. The van der Waals surface area contributed by atoms with Crippen molar-refractivity contribution >= 4 is 17.3 Å². The van der Waals surface area contributed by atoms with E-state index in [1.165, 1.54) is 7.05 Å². The molecule has 4 aliphatic rings. The minimum atomic E-state index is -1.87. The number of nitrogens with one attached hydrogen (secondary N) is 1. The lowest BCUT2D eigenvalue weighted by Gasteiger charge is -2.43. The number of ketones is 2. The molecular weight excluding hydrogens is 522 g/mol. The molecule has 8 N–H and O–H groups in total. The summed E-state index contributed by atoms with van der Waals surface area (Å²) in [5.41, 5.74) is 6.76. The largest absolute Gasteiger partial charge is 0.507 e. The average Bonchev–Trinajstić information content (AvgIpc) is 2.90. The minimum Gasteiger partial charge on any atom is -0.507 e. The van der Waals surface area contributed by atoms with Gasteiger partial charge in [0, 0.05) is 43.5 Å². The van der Waals surface area contributed by atoms with E-state index < -0.39 is 77.8 Å². The first kappa shape index (κ1) is 28.4. The van der Waals surface area contributed by atoms with Gasteiger partial charge in [0.05, 0.1) is 53.6 Å². The summed E-state index contributed by atoms with van der Waals surface area (Å²) >= 11 is 0. The number of hydrogen-bond donors (Lipinski definition) is 7. The molecule has 216 valence electrons. The first-order chi connectivity index (χ1) is 18.9. The second-order valence-corrected chi connectivity index (χ2v) is 11.0. The van der Waals surface area contributed by atoms with Crippen LogP contribution < -0.4 is 11.2 Å². The van der Waals surface area contributed by atoms with Crippen LogP contribution in [0.3, 0.4) is 0 Å². The van der Waals surface area contributed by atoms with Crippen molar-refractivity contribution in [1.82, 2.24) is 5.43 Å². The minimum absolute atomic E-state index is 0.00732. The van der Waals surface area contributed by atoms with Crippen LogP contribution in [0.25, 0.3) is 0 Å². The number of nitrogens with zero attached hydrogens (tertiary/aromatic N) is 1. The van der Waals surface area contributed by atoms with Gasteiger partial charge in [-0.2, -0.15) is 5.10 Å². The van der Waals surface area contributed by atoms with Gasteiger partial charge in [0.15, 0.2) is 17.9 Å². The number of phenols is 2. The average molecular weight is 558 g/mol. The third kappa shape index (κ3) is 4.35. The Kier molecular flexibility index (Phi) is 7.36. The smallest absolute Gasteiger partial charge is 0.175 e. The van der Waals surface area contributed by atoms with E-state index in [9.17, 15) is 35.1 Å². The molecule has 0 amide bonds. The molecule has 1 saturated heterocycles. The fourth-order valence-corrected chi connectivity index (χ4v) is 6.44. The molecule has 1 heterocycles. The Hall–Kier alpha value is -3.13. The van der Waals surface area contributed by atoms with E-state index in [-0.39, 0.29) is 47.2 Å². The maximum Gasteiger partial charge on any atom is 0.175 e. The number of rotatable bonds is 5. The van der Waals surface area contributed by atoms with Crippen molar-refractivity contribution in [2.45, 2.75) is 69.4 Å². The highest BCUT2D eigenvalue weighted by atomic mass is 16.7. The number of carbonyl (C=O) groups is 2. The molecule has 0 saturated carbocycles. The number of benzene rings is 1. The number of phenolic OH excluding ortho intramolecular Hbond substituents is 2. The van der Waals surface area contributed by atoms with E-state index >= 15 is 0 Å². The van der Waals surface area contributed by atoms with E-state index in [4.69, 9.17) is 15.2 Å². The van der Waals surface area contributed by atoms with Crippen molar-refractivity contribution in [3.8, 4) is 11.5 Å². The fraction of sp³-hybridized carbons (Fsp3) is 0.536. The summed E-state index contributed by atoms with van der Waals surface area (Å²) in [6.45, 7) is 2.72. The van der Waals surface area contributed by atoms with Crippen LogP contribution in [0.4, 0.5) is 0 Å². The predicted octanol–water partition coefficient (Wildman–Crippen LogP) is 0.351. The maximum absolute atomic E-state index is 13.7. The van der Waals surface area contributed by atoms with Gasteiger partial charge in [-0.1, -0.05) is 23.8 Å². The standard InChI is InChI=1S/C28H35N3O9/c1-11-5-4-6-13-19(11)26(36)22-21(24(13)34)25(35)14-8-28(38,17(10-32)31-30-3)9-16(20(14)27(22)37)40-18-7-15(29)23(33)12(2)39-18/h4-6,12-13,15-16,18-19,23,30,32-33,35,37-38H,7-10,29H2,1-3H3/b31-17+/t12?,13?,15?,16-,18+,19?,23-,28-/m0/s1. The number of aliphatic hydroxyl groups excluding tert-OH is 2. The molecule has 40 heavy (non-hydrogen) atoms. The number of fused-ring (bicyclic) bond motifs is 3. The number of carbonyl (C=O) groups excluding carboxylic acids is 2. The number of nitrogens with two attached hydrogens (primary N) is 1. The summed E-state index contributed by atoms with van der Waals surface area (Å²) < 4.78 is 12.0. The van der Waals surface area contributed by atoms with Gasteiger partial charge in [0.1, 0.15) is 17.1 Å². The Bertz CT molecular complexity index is 1330. The number of aliphatic hydroxyl groups is 3. The highest BCUT2D eigenvalue weighted by molar-refractivity contribution is 6.20. The molecule has 1 aromatic rings. The third-order valence-electron chi connectivity index (χ3n) is 8.51. The molecule has 4 unspecified atom stereocenters. The number of allylic oxidation sites excluding steroid dienone is 4. The first-order valence-electron chi connectivity index (χ1n) is 13.3. The molecule has 0 spiro atoms. The maximum atomic E-state index is 13.7. The summed E-state index contributed by atoms with van der Waals surface area (Å²) in [6, 6.07) is -0.676. The Morgan fingerprint density at radius 3 is 2.60 bits per heavy atom.